The van der Waals surface area contributed by atoms with Crippen molar-refractivity contribution in [2.75, 3.05) is 38.1 Å². The molecule has 154 valence electrons. The SMILES string of the molecule is CC(CC(=O)N1CCC(N(C)c2ccccc2)CC1)C1CCCNC1.Cl.Cl. The molecule has 1 aromatic rings. The van der Waals surface area contributed by atoms with Crippen molar-refractivity contribution < 1.29 is 4.79 Å². The molecule has 27 heavy (non-hydrogen) atoms. The van der Waals surface area contributed by atoms with Gasteiger partial charge < -0.3 is 15.1 Å². The highest BCUT2D eigenvalue weighted by Gasteiger charge is 2.28. The lowest BCUT2D eigenvalue weighted by Gasteiger charge is -2.38. The number of para-hydroxylation sites is 1. The molecular formula is C21H35Cl2N3O. The van der Waals surface area contributed by atoms with Gasteiger partial charge in [-0.1, -0.05) is 25.1 Å². The van der Waals surface area contributed by atoms with Gasteiger partial charge in [-0.05, 0) is 62.7 Å². The zero-order valence-corrected chi connectivity index (χ0v) is 18.2. The Morgan fingerprint density at radius 2 is 1.85 bits per heavy atom. The first-order valence-corrected chi connectivity index (χ1v) is 9.91. The highest BCUT2D eigenvalue weighted by molar-refractivity contribution is 5.85. The molecule has 2 fully saturated rings. The van der Waals surface area contributed by atoms with Crippen LogP contribution >= 0.6 is 24.8 Å². The topological polar surface area (TPSA) is 35.6 Å². The summed E-state index contributed by atoms with van der Waals surface area (Å²) < 4.78 is 0. The van der Waals surface area contributed by atoms with E-state index in [9.17, 15) is 4.79 Å². The Bertz CT molecular complexity index is 544. The minimum absolute atomic E-state index is 0. The van der Waals surface area contributed by atoms with E-state index in [1.165, 1.54) is 18.5 Å². The molecule has 0 aromatic heterocycles. The average Bonchev–Trinajstić information content (AvgIpc) is 2.69. The second kappa shape index (κ2) is 11.8. The number of hydrogen-bond acceptors (Lipinski definition) is 3. The maximum absolute atomic E-state index is 12.7. The van der Waals surface area contributed by atoms with Crippen molar-refractivity contribution in [2.45, 2.75) is 45.1 Å². The van der Waals surface area contributed by atoms with Crippen LogP contribution in [-0.2, 0) is 4.79 Å². The summed E-state index contributed by atoms with van der Waals surface area (Å²) in [5.41, 5.74) is 1.27. The van der Waals surface area contributed by atoms with E-state index in [0.29, 0.717) is 30.2 Å². The third kappa shape index (κ3) is 6.55. The van der Waals surface area contributed by atoms with Crippen molar-refractivity contribution in [1.82, 2.24) is 10.2 Å². The highest BCUT2D eigenvalue weighted by Crippen LogP contribution is 2.25. The van der Waals surface area contributed by atoms with E-state index in [0.717, 1.165) is 39.0 Å². The Morgan fingerprint density at radius 1 is 1.19 bits per heavy atom. The van der Waals surface area contributed by atoms with Crippen molar-refractivity contribution in [1.29, 1.82) is 0 Å². The number of benzene rings is 1. The number of likely N-dealkylation sites (tertiary alicyclic amines) is 1. The van der Waals surface area contributed by atoms with Gasteiger partial charge in [-0.15, -0.1) is 24.8 Å². The number of carbonyl (C=O) groups excluding carboxylic acids is 1. The number of nitrogens with one attached hydrogen (secondary N) is 1. The van der Waals surface area contributed by atoms with Crippen LogP contribution < -0.4 is 10.2 Å². The number of carbonyl (C=O) groups is 1. The van der Waals surface area contributed by atoms with Crippen LogP contribution in [0.2, 0.25) is 0 Å². The van der Waals surface area contributed by atoms with Crippen molar-refractivity contribution >= 4 is 36.4 Å². The lowest BCUT2D eigenvalue weighted by molar-refractivity contribution is -0.133. The predicted molar refractivity (Wildman–Crippen MR) is 118 cm³/mol. The maximum Gasteiger partial charge on any atom is 0.222 e. The van der Waals surface area contributed by atoms with E-state index in [-0.39, 0.29) is 24.8 Å². The van der Waals surface area contributed by atoms with Crippen LogP contribution in [-0.4, -0.2) is 50.1 Å². The predicted octanol–water partition coefficient (Wildman–Crippen LogP) is 3.98. The molecule has 2 aliphatic heterocycles. The van der Waals surface area contributed by atoms with Gasteiger partial charge in [-0.2, -0.15) is 0 Å². The number of rotatable bonds is 5. The molecule has 6 heteroatoms. The molecule has 2 saturated heterocycles. The third-order valence-electron chi connectivity index (χ3n) is 6.16. The second-order valence-corrected chi connectivity index (χ2v) is 7.85. The quantitative estimate of drug-likeness (QED) is 0.789. The summed E-state index contributed by atoms with van der Waals surface area (Å²) in [4.78, 5) is 17.2. The molecule has 2 aliphatic rings. The average molecular weight is 416 g/mol. The number of halogens is 2. The highest BCUT2D eigenvalue weighted by atomic mass is 35.5. The monoisotopic (exact) mass is 415 g/mol. The first-order chi connectivity index (χ1) is 12.1. The molecule has 2 unspecified atom stereocenters. The molecule has 3 rings (SSSR count). The summed E-state index contributed by atoms with van der Waals surface area (Å²) in [6, 6.07) is 11.1. The molecule has 0 spiro atoms. The summed E-state index contributed by atoms with van der Waals surface area (Å²) in [7, 11) is 2.18. The number of amides is 1. The molecule has 2 atom stereocenters. The lowest BCUT2D eigenvalue weighted by Crippen LogP contribution is -2.46. The van der Waals surface area contributed by atoms with Gasteiger partial charge in [0.25, 0.3) is 0 Å². The Morgan fingerprint density at radius 3 is 2.44 bits per heavy atom. The minimum Gasteiger partial charge on any atom is -0.371 e. The smallest absolute Gasteiger partial charge is 0.222 e. The first-order valence-electron chi connectivity index (χ1n) is 9.91. The number of hydrogen-bond donors (Lipinski definition) is 1. The van der Waals surface area contributed by atoms with Gasteiger partial charge in [0.05, 0.1) is 0 Å². The largest absolute Gasteiger partial charge is 0.371 e. The number of piperidine rings is 2. The van der Waals surface area contributed by atoms with Gasteiger partial charge in [-0.25, -0.2) is 0 Å². The van der Waals surface area contributed by atoms with Crippen molar-refractivity contribution in [2.24, 2.45) is 11.8 Å². The summed E-state index contributed by atoms with van der Waals surface area (Å²) in [6.07, 6.45) is 5.37. The Balaban J connectivity index is 0.00000182. The number of anilines is 1. The zero-order valence-electron chi connectivity index (χ0n) is 16.6. The molecule has 0 radical (unpaired) electrons. The molecule has 2 heterocycles. The lowest BCUT2D eigenvalue weighted by atomic mass is 9.85. The first kappa shape index (κ1) is 24.1. The van der Waals surface area contributed by atoms with Gasteiger partial charge in [0.2, 0.25) is 5.91 Å². The molecule has 0 bridgehead atoms. The summed E-state index contributed by atoms with van der Waals surface area (Å²) >= 11 is 0. The fraction of sp³-hybridized carbons (Fsp3) is 0.667. The molecule has 0 aliphatic carbocycles. The van der Waals surface area contributed by atoms with Gasteiger partial charge >= 0.3 is 0 Å². The molecular weight excluding hydrogens is 381 g/mol. The van der Waals surface area contributed by atoms with E-state index in [2.05, 4.69) is 59.4 Å². The van der Waals surface area contributed by atoms with Gasteiger partial charge in [0, 0.05) is 38.3 Å². The second-order valence-electron chi connectivity index (χ2n) is 7.85. The van der Waals surface area contributed by atoms with Crippen LogP contribution in [0.3, 0.4) is 0 Å². The fourth-order valence-corrected chi connectivity index (χ4v) is 4.31. The van der Waals surface area contributed by atoms with Crippen LogP contribution in [0.5, 0.6) is 0 Å². The standard InChI is InChI=1S/C21H33N3O.2ClH/c1-17(18-7-6-12-22-16-18)15-21(25)24-13-10-20(11-14-24)23(2)19-8-4-3-5-9-19;;/h3-5,8-9,17-18,20,22H,6-7,10-16H2,1-2H3;2*1H. The van der Waals surface area contributed by atoms with Crippen molar-refractivity contribution in [3.05, 3.63) is 30.3 Å². The Kier molecular flexibility index (Phi) is 10.5. The van der Waals surface area contributed by atoms with Gasteiger partial charge in [-0.3, -0.25) is 4.79 Å². The van der Waals surface area contributed by atoms with Crippen LogP contribution in [0.1, 0.15) is 39.0 Å². The van der Waals surface area contributed by atoms with Crippen molar-refractivity contribution in [3.8, 4) is 0 Å². The summed E-state index contributed by atoms with van der Waals surface area (Å²) in [6.45, 7) is 6.27. The van der Waals surface area contributed by atoms with Gasteiger partial charge in [0.15, 0.2) is 0 Å². The van der Waals surface area contributed by atoms with Crippen LogP contribution in [0, 0.1) is 11.8 Å². The van der Waals surface area contributed by atoms with E-state index in [1.807, 2.05) is 0 Å². The summed E-state index contributed by atoms with van der Waals surface area (Å²) in [5.74, 6) is 1.52. The molecule has 1 aromatic carbocycles. The normalized spacial score (nSPS) is 21.6. The third-order valence-corrected chi connectivity index (χ3v) is 6.16. The van der Waals surface area contributed by atoms with Crippen LogP contribution in [0.4, 0.5) is 5.69 Å². The van der Waals surface area contributed by atoms with Crippen molar-refractivity contribution in [3.63, 3.8) is 0 Å². The van der Waals surface area contributed by atoms with E-state index in [1.54, 1.807) is 0 Å². The Labute approximate surface area is 176 Å². The molecule has 1 amide bonds. The number of nitrogens with zero attached hydrogens (tertiary/aromatic N) is 2. The van der Waals surface area contributed by atoms with E-state index in [4.69, 9.17) is 0 Å². The van der Waals surface area contributed by atoms with Crippen LogP contribution in [0.15, 0.2) is 30.3 Å². The molecule has 1 N–H and O–H groups in total. The maximum atomic E-state index is 12.7. The zero-order chi connectivity index (χ0) is 17.6. The van der Waals surface area contributed by atoms with Crippen LogP contribution in [0.25, 0.3) is 0 Å². The molecule has 4 nitrogen and oxygen atoms in total. The summed E-state index contributed by atoms with van der Waals surface area (Å²) in [5, 5.41) is 3.47. The van der Waals surface area contributed by atoms with E-state index < -0.39 is 0 Å². The molecule has 0 saturated carbocycles. The van der Waals surface area contributed by atoms with Gasteiger partial charge in [0.1, 0.15) is 0 Å². The van der Waals surface area contributed by atoms with E-state index >= 15 is 0 Å². The Hall–Kier alpha value is -0.970. The minimum atomic E-state index is 0. The fourth-order valence-electron chi connectivity index (χ4n) is 4.31.